The van der Waals surface area contributed by atoms with Crippen molar-refractivity contribution in [1.82, 2.24) is 9.80 Å². The van der Waals surface area contributed by atoms with E-state index in [4.69, 9.17) is 0 Å². The summed E-state index contributed by atoms with van der Waals surface area (Å²) in [4.78, 5) is 30.6. The molecule has 0 bridgehead atoms. The number of anilines is 1. The molecule has 184 valence electrons. The summed E-state index contributed by atoms with van der Waals surface area (Å²) in [5, 5.41) is 4.60. The number of carbonyl (C=O) groups excluding carboxylic acids is 2. The van der Waals surface area contributed by atoms with Crippen molar-refractivity contribution in [3.63, 3.8) is 0 Å². The monoisotopic (exact) mass is 501 g/mol. The SMILES string of the molecule is O=C(CN(CC1CC1)C(=O)Nc1ccc(C(F)(F)F)cc1)N(Cc1ccccc1)Cc1cccs1. The van der Waals surface area contributed by atoms with Gasteiger partial charge in [0.05, 0.1) is 12.1 Å². The highest BCUT2D eigenvalue weighted by molar-refractivity contribution is 7.09. The predicted molar refractivity (Wildman–Crippen MR) is 130 cm³/mol. The van der Waals surface area contributed by atoms with E-state index in [0.29, 0.717) is 25.6 Å². The molecule has 0 unspecified atom stereocenters. The van der Waals surface area contributed by atoms with Gasteiger partial charge in [0.25, 0.3) is 0 Å². The fourth-order valence-corrected chi connectivity index (χ4v) is 4.39. The number of alkyl halides is 3. The van der Waals surface area contributed by atoms with Crippen LogP contribution in [0.25, 0.3) is 0 Å². The van der Waals surface area contributed by atoms with Crippen molar-refractivity contribution >= 4 is 29.0 Å². The molecule has 0 atom stereocenters. The lowest BCUT2D eigenvalue weighted by Gasteiger charge is -2.28. The Morgan fingerprint density at radius 2 is 1.63 bits per heavy atom. The van der Waals surface area contributed by atoms with Gasteiger partial charge in [0.1, 0.15) is 6.54 Å². The molecule has 0 spiro atoms. The second-order valence-electron chi connectivity index (χ2n) is 8.64. The van der Waals surface area contributed by atoms with Crippen molar-refractivity contribution in [2.24, 2.45) is 5.92 Å². The third-order valence-corrected chi connectivity index (χ3v) is 6.61. The van der Waals surface area contributed by atoms with Gasteiger partial charge in [-0.15, -0.1) is 11.3 Å². The van der Waals surface area contributed by atoms with E-state index >= 15 is 0 Å². The average molecular weight is 502 g/mol. The summed E-state index contributed by atoms with van der Waals surface area (Å²) >= 11 is 1.56. The Morgan fingerprint density at radius 1 is 0.914 bits per heavy atom. The van der Waals surface area contributed by atoms with E-state index in [9.17, 15) is 22.8 Å². The average Bonchev–Trinajstić information content (AvgIpc) is 3.50. The van der Waals surface area contributed by atoms with Crippen LogP contribution in [-0.4, -0.2) is 34.8 Å². The molecule has 1 aromatic heterocycles. The smallest absolute Gasteiger partial charge is 0.332 e. The minimum absolute atomic E-state index is 0.110. The number of hydrogen-bond acceptors (Lipinski definition) is 3. The van der Waals surface area contributed by atoms with Gasteiger partial charge < -0.3 is 15.1 Å². The molecule has 0 saturated heterocycles. The summed E-state index contributed by atoms with van der Waals surface area (Å²) in [6.45, 7) is 1.16. The zero-order valence-corrected chi connectivity index (χ0v) is 19.8. The summed E-state index contributed by atoms with van der Waals surface area (Å²) in [7, 11) is 0. The van der Waals surface area contributed by atoms with E-state index in [1.54, 1.807) is 16.2 Å². The fourth-order valence-electron chi connectivity index (χ4n) is 3.67. The van der Waals surface area contributed by atoms with Crippen LogP contribution in [-0.2, 0) is 24.1 Å². The third kappa shape index (κ3) is 7.32. The van der Waals surface area contributed by atoms with Crippen molar-refractivity contribution in [2.45, 2.75) is 32.1 Å². The molecule has 1 aliphatic rings. The summed E-state index contributed by atoms with van der Waals surface area (Å²) in [5.41, 5.74) is 0.446. The number of urea groups is 1. The van der Waals surface area contributed by atoms with Gasteiger partial charge in [0.15, 0.2) is 0 Å². The first-order valence-electron chi connectivity index (χ1n) is 11.3. The molecular formula is C26H26F3N3O2S. The molecule has 0 radical (unpaired) electrons. The molecule has 0 aliphatic heterocycles. The largest absolute Gasteiger partial charge is 0.416 e. The van der Waals surface area contributed by atoms with Crippen LogP contribution in [0.2, 0.25) is 0 Å². The molecular weight excluding hydrogens is 475 g/mol. The number of halogens is 3. The normalized spacial score (nSPS) is 13.3. The third-order valence-electron chi connectivity index (χ3n) is 5.75. The molecule has 3 aromatic rings. The Labute approximate surface area is 206 Å². The van der Waals surface area contributed by atoms with Crippen LogP contribution in [0, 0.1) is 5.92 Å². The number of nitrogens with zero attached hydrogens (tertiary/aromatic N) is 2. The first kappa shape index (κ1) is 24.8. The molecule has 1 saturated carbocycles. The van der Waals surface area contributed by atoms with Gasteiger partial charge in [-0.3, -0.25) is 4.79 Å². The van der Waals surface area contributed by atoms with E-state index in [1.165, 1.54) is 17.0 Å². The van der Waals surface area contributed by atoms with Crippen LogP contribution < -0.4 is 5.32 Å². The number of nitrogens with one attached hydrogen (secondary N) is 1. The summed E-state index contributed by atoms with van der Waals surface area (Å²) in [5.74, 6) is 0.145. The Hall–Kier alpha value is -3.33. The first-order valence-corrected chi connectivity index (χ1v) is 12.2. The van der Waals surface area contributed by atoms with Crippen molar-refractivity contribution in [1.29, 1.82) is 0 Å². The zero-order chi connectivity index (χ0) is 24.8. The van der Waals surface area contributed by atoms with E-state index in [0.717, 1.165) is 35.4 Å². The van der Waals surface area contributed by atoms with Gasteiger partial charge >= 0.3 is 12.2 Å². The van der Waals surface area contributed by atoms with Crippen LogP contribution in [0.5, 0.6) is 0 Å². The Balaban J connectivity index is 1.46. The standard InChI is InChI=1S/C26H26F3N3O2S/c27-26(28,29)21-10-12-22(13-11-21)30-25(34)32(16-20-8-9-20)18-24(33)31(17-23-7-4-14-35-23)15-19-5-2-1-3-6-19/h1-7,10-14,20H,8-9,15-18H2,(H,30,34). The number of carbonyl (C=O) groups is 2. The second kappa shape index (κ2) is 10.9. The minimum Gasteiger partial charge on any atom is -0.332 e. The van der Waals surface area contributed by atoms with E-state index in [2.05, 4.69) is 5.32 Å². The molecule has 9 heteroatoms. The molecule has 1 fully saturated rings. The summed E-state index contributed by atoms with van der Waals surface area (Å²) < 4.78 is 38.5. The van der Waals surface area contributed by atoms with Crippen LogP contribution in [0.15, 0.2) is 72.1 Å². The second-order valence-corrected chi connectivity index (χ2v) is 9.68. The number of amides is 3. The first-order chi connectivity index (χ1) is 16.8. The van der Waals surface area contributed by atoms with Crippen molar-refractivity contribution in [3.8, 4) is 0 Å². The maximum atomic E-state index is 13.4. The number of hydrogen-bond donors (Lipinski definition) is 1. The maximum absolute atomic E-state index is 13.4. The highest BCUT2D eigenvalue weighted by Gasteiger charge is 2.31. The molecule has 1 aliphatic carbocycles. The molecule has 1 N–H and O–H groups in total. The van der Waals surface area contributed by atoms with Crippen LogP contribution >= 0.6 is 11.3 Å². The lowest BCUT2D eigenvalue weighted by molar-refractivity contribution is -0.137. The molecule has 4 rings (SSSR count). The van der Waals surface area contributed by atoms with Gasteiger partial charge in [-0.25, -0.2) is 4.79 Å². The topological polar surface area (TPSA) is 52.7 Å². The van der Waals surface area contributed by atoms with E-state index in [-0.39, 0.29) is 18.1 Å². The highest BCUT2D eigenvalue weighted by Crippen LogP contribution is 2.31. The number of benzene rings is 2. The lowest BCUT2D eigenvalue weighted by Crippen LogP contribution is -2.45. The highest BCUT2D eigenvalue weighted by atomic mass is 32.1. The van der Waals surface area contributed by atoms with Crippen LogP contribution in [0.1, 0.15) is 28.8 Å². The van der Waals surface area contributed by atoms with Crippen molar-refractivity contribution in [3.05, 3.63) is 88.1 Å². The van der Waals surface area contributed by atoms with Gasteiger partial charge in [-0.1, -0.05) is 36.4 Å². The minimum atomic E-state index is -4.45. The lowest BCUT2D eigenvalue weighted by atomic mass is 10.2. The quantitative estimate of drug-likeness (QED) is 0.377. The van der Waals surface area contributed by atoms with Gasteiger partial charge in [-0.2, -0.15) is 13.2 Å². The van der Waals surface area contributed by atoms with Crippen LogP contribution in [0.4, 0.5) is 23.7 Å². The molecule has 3 amide bonds. The zero-order valence-electron chi connectivity index (χ0n) is 19.0. The Kier molecular flexibility index (Phi) is 7.75. The maximum Gasteiger partial charge on any atom is 0.416 e. The summed E-state index contributed by atoms with van der Waals surface area (Å²) in [6, 6.07) is 17.3. The van der Waals surface area contributed by atoms with Crippen LogP contribution in [0.3, 0.4) is 0 Å². The van der Waals surface area contributed by atoms with Gasteiger partial charge in [-0.05, 0) is 60.0 Å². The van der Waals surface area contributed by atoms with Gasteiger partial charge in [0, 0.05) is 23.7 Å². The van der Waals surface area contributed by atoms with Crippen molar-refractivity contribution < 1.29 is 22.8 Å². The van der Waals surface area contributed by atoms with E-state index < -0.39 is 17.8 Å². The molecule has 5 nitrogen and oxygen atoms in total. The fraction of sp³-hybridized carbons (Fsp3) is 0.308. The van der Waals surface area contributed by atoms with E-state index in [1.807, 2.05) is 47.8 Å². The molecule has 35 heavy (non-hydrogen) atoms. The van der Waals surface area contributed by atoms with Gasteiger partial charge in [0.2, 0.25) is 5.91 Å². The summed E-state index contributed by atoms with van der Waals surface area (Å²) in [6.07, 6.45) is -2.47. The predicted octanol–water partition coefficient (Wildman–Crippen LogP) is 6.24. The van der Waals surface area contributed by atoms with Crippen molar-refractivity contribution in [2.75, 3.05) is 18.4 Å². The molecule has 2 aromatic carbocycles. The molecule has 1 heterocycles. The number of rotatable bonds is 9. The number of thiophene rings is 1. The Morgan fingerprint density at radius 3 is 2.23 bits per heavy atom. The Bertz CT molecular complexity index is 1120.